The van der Waals surface area contributed by atoms with Crippen molar-refractivity contribution < 1.29 is 9.64 Å². The molecule has 2 rings (SSSR count). The number of aryl methyl sites for hydroxylation is 2. The summed E-state index contributed by atoms with van der Waals surface area (Å²) in [6.45, 7) is 13.5. The first kappa shape index (κ1) is 16.6. The van der Waals surface area contributed by atoms with E-state index in [1.54, 1.807) is 4.90 Å². The molecule has 2 atom stereocenters. The minimum absolute atomic E-state index is 0.736. The summed E-state index contributed by atoms with van der Waals surface area (Å²) < 4.78 is 5.92. The van der Waals surface area contributed by atoms with Crippen LogP contribution in [0.15, 0.2) is 12.1 Å². The summed E-state index contributed by atoms with van der Waals surface area (Å²) in [5.41, 5.74) is 2.32. The molecule has 0 aliphatic carbocycles. The number of halogens is 1. The van der Waals surface area contributed by atoms with Gasteiger partial charge in [0.25, 0.3) is 0 Å². The van der Waals surface area contributed by atoms with Crippen LogP contribution in [-0.4, -0.2) is 26.2 Å². The van der Waals surface area contributed by atoms with Crippen LogP contribution in [0.1, 0.15) is 37.8 Å². The van der Waals surface area contributed by atoms with Gasteiger partial charge in [-0.2, -0.15) is 0 Å². The van der Waals surface area contributed by atoms with Gasteiger partial charge in [-0.3, -0.25) is 0 Å². The highest BCUT2D eigenvalue weighted by molar-refractivity contribution is 6.32. The standard InChI is InChI=1S/C18H28ClNO/c1-13-9-16(4)18(17(19)10-13)21-7-5-6-20-11-14(2)8-15(3)12-20/h9-10,14-15H,5-8,11-12H2,1-4H3/p+1/t14-,15-/m1/s1. The maximum Gasteiger partial charge on any atom is 0.140 e. The lowest BCUT2D eigenvalue weighted by Crippen LogP contribution is -3.14. The monoisotopic (exact) mass is 310 g/mol. The molecule has 1 aromatic carbocycles. The Bertz CT molecular complexity index is 441. The van der Waals surface area contributed by atoms with Gasteiger partial charge in [0.05, 0.1) is 31.3 Å². The Morgan fingerprint density at radius 2 is 1.86 bits per heavy atom. The van der Waals surface area contributed by atoms with Gasteiger partial charge in [0.2, 0.25) is 0 Å². The maximum absolute atomic E-state index is 6.27. The zero-order valence-corrected chi connectivity index (χ0v) is 14.6. The second-order valence-electron chi connectivity index (χ2n) is 6.95. The number of benzene rings is 1. The zero-order valence-electron chi connectivity index (χ0n) is 13.8. The SMILES string of the molecule is Cc1cc(C)c(OCCC[NH+]2C[C@H](C)C[C@@H](C)C2)c(Cl)c1. The molecule has 21 heavy (non-hydrogen) atoms. The third kappa shape index (κ3) is 4.89. The van der Waals surface area contributed by atoms with Crippen molar-refractivity contribution >= 4 is 11.6 Å². The minimum Gasteiger partial charge on any atom is -0.492 e. The van der Waals surface area contributed by atoms with E-state index in [-0.39, 0.29) is 0 Å². The second-order valence-corrected chi connectivity index (χ2v) is 7.36. The van der Waals surface area contributed by atoms with E-state index in [0.717, 1.165) is 41.2 Å². The smallest absolute Gasteiger partial charge is 0.140 e. The largest absolute Gasteiger partial charge is 0.492 e. The van der Waals surface area contributed by atoms with Crippen molar-refractivity contribution in [3.8, 4) is 5.75 Å². The lowest BCUT2D eigenvalue weighted by atomic mass is 9.92. The summed E-state index contributed by atoms with van der Waals surface area (Å²) in [5, 5.41) is 0.736. The molecule has 1 saturated heterocycles. The van der Waals surface area contributed by atoms with Crippen molar-refractivity contribution in [2.24, 2.45) is 11.8 Å². The van der Waals surface area contributed by atoms with Crippen LogP contribution in [0.5, 0.6) is 5.75 Å². The highest BCUT2D eigenvalue weighted by Crippen LogP contribution is 2.29. The first-order chi connectivity index (χ1) is 9.95. The van der Waals surface area contributed by atoms with Crippen LogP contribution in [0.4, 0.5) is 0 Å². The van der Waals surface area contributed by atoms with Gasteiger partial charge in [-0.25, -0.2) is 0 Å². The van der Waals surface area contributed by atoms with Crippen molar-refractivity contribution in [1.29, 1.82) is 0 Å². The highest BCUT2D eigenvalue weighted by atomic mass is 35.5. The zero-order chi connectivity index (χ0) is 15.4. The van der Waals surface area contributed by atoms with E-state index in [2.05, 4.69) is 33.8 Å². The number of hydrogen-bond donors (Lipinski definition) is 1. The number of rotatable bonds is 5. The average molecular weight is 311 g/mol. The molecule has 1 aliphatic rings. The molecule has 0 saturated carbocycles. The van der Waals surface area contributed by atoms with E-state index in [1.165, 1.54) is 31.6 Å². The van der Waals surface area contributed by atoms with Crippen LogP contribution in [-0.2, 0) is 0 Å². The molecular formula is C18H29ClNO+. The lowest BCUT2D eigenvalue weighted by molar-refractivity contribution is -0.912. The van der Waals surface area contributed by atoms with Crippen molar-refractivity contribution in [3.63, 3.8) is 0 Å². The van der Waals surface area contributed by atoms with E-state index in [9.17, 15) is 0 Å². The van der Waals surface area contributed by atoms with Crippen LogP contribution >= 0.6 is 11.6 Å². The first-order valence-corrected chi connectivity index (χ1v) is 8.56. The topological polar surface area (TPSA) is 13.7 Å². The first-order valence-electron chi connectivity index (χ1n) is 8.18. The fourth-order valence-corrected chi connectivity index (χ4v) is 4.08. The molecule has 3 heteroatoms. The van der Waals surface area contributed by atoms with Gasteiger partial charge < -0.3 is 9.64 Å². The molecule has 2 nitrogen and oxygen atoms in total. The van der Waals surface area contributed by atoms with Crippen LogP contribution in [0.2, 0.25) is 5.02 Å². The summed E-state index contributed by atoms with van der Waals surface area (Å²) in [6.07, 6.45) is 2.48. The third-order valence-corrected chi connectivity index (χ3v) is 4.65. The van der Waals surface area contributed by atoms with E-state index in [0.29, 0.717) is 0 Å². The Hall–Kier alpha value is -0.730. The van der Waals surface area contributed by atoms with Gasteiger partial charge in [-0.05, 0) is 37.5 Å². The van der Waals surface area contributed by atoms with Crippen molar-refractivity contribution in [2.45, 2.75) is 40.5 Å². The summed E-state index contributed by atoms with van der Waals surface area (Å²) in [6, 6.07) is 4.10. The van der Waals surface area contributed by atoms with Crippen molar-refractivity contribution in [3.05, 3.63) is 28.3 Å². The summed E-state index contributed by atoms with van der Waals surface area (Å²) in [4.78, 5) is 1.73. The number of likely N-dealkylation sites (tertiary alicyclic amines) is 1. The molecule has 1 N–H and O–H groups in total. The molecule has 0 radical (unpaired) electrons. The molecule has 1 fully saturated rings. The highest BCUT2D eigenvalue weighted by Gasteiger charge is 2.24. The summed E-state index contributed by atoms with van der Waals surface area (Å²) in [7, 11) is 0. The summed E-state index contributed by atoms with van der Waals surface area (Å²) in [5.74, 6) is 2.58. The van der Waals surface area contributed by atoms with Crippen LogP contribution in [0.3, 0.4) is 0 Å². The molecule has 118 valence electrons. The second kappa shape index (κ2) is 7.51. The van der Waals surface area contributed by atoms with Gasteiger partial charge in [0, 0.05) is 18.3 Å². The molecule has 0 spiro atoms. The average Bonchev–Trinajstić information content (AvgIpc) is 2.35. The van der Waals surface area contributed by atoms with Gasteiger partial charge in [-0.1, -0.05) is 31.5 Å². The van der Waals surface area contributed by atoms with Gasteiger partial charge in [-0.15, -0.1) is 0 Å². The number of hydrogen-bond acceptors (Lipinski definition) is 1. The fourth-order valence-electron chi connectivity index (χ4n) is 3.71. The molecule has 0 amide bonds. The predicted octanol–water partition coefficient (Wildman–Crippen LogP) is 3.29. The lowest BCUT2D eigenvalue weighted by Gasteiger charge is -2.32. The minimum atomic E-state index is 0.736. The third-order valence-electron chi connectivity index (χ3n) is 4.37. The Kier molecular flexibility index (Phi) is 5.95. The Balaban J connectivity index is 1.77. The van der Waals surface area contributed by atoms with E-state index < -0.39 is 0 Å². The molecule has 0 unspecified atom stereocenters. The van der Waals surface area contributed by atoms with Crippen LogP contribution < -0.4 is 9.64 Å². The quantitative estimate of drug-likeness (QED) is 0.824. The molecule has 1 aromatic rings. The molecule has 1 heterocycles. The normalized spacial score (nSPS) is 25.9. The van der Waals surface area contributed by atoms with E-state index in [4.69, 9.17) is 16.3 Å². The fraction of sp³-hybridized carbons (Fsp3) is 0.667. The van der Waals surface area contributed by atoms with Gasteiger partial charge in [0.1, 0.15) is 5.75 Å². The van der Waals surface area contributed by atoms with E-state index in [1.807, 2.05) is 6.07 Å². The number of ether oxygens (including phenoxy) is 1. The number of piperidine rings is 1. The number of quaternary nitrogens is 1. The van der Waals surface area contributed by atoms with Gasteiger partial charge in [0.15, 0.2) is 0 Å². The Morgan fingerprint density at radius 1 is 1.19 bits per heavy atom. The van der Waals surface area contributed by atoms with Gasteiger partial charge >= 0.3 is 0 Å². The van der Waals surface area contributed by atoms with Crippen molar-refractivity contribution in [2.75, 3.05) is 26.2 Å². The molecule has 0 aromatic heterocycles. The van der Waals surface area contributed by atoms with E-state index >= 15 is 0 Å². The maximum atomic E-state index is 6.27. The molecule has 1 aliphatic heterocycles. The molecule has 0 bridgehead atoms. The Morgan fingerprint density at radius 3 is 2.48 bits per heavy atom. The predicted molar refractivity (Wildman–Crippen MR) is 89.5 cm³/mol. The van der Waals surface area contributed by atoms with Crippen molar-refractivity contribution in [1.82, 2.24) is 0 Å². The van der Waals surface area contributed by atoms with Crippen LogP contribution in [0, 0.1) is 25.7 Å². The Labute approximate surface area is 134 Å². The summed E-state index contributed by atoms with van der Waals surface area (Å²) >= 11 is 6.27. The van der Waals surface area contributed by atoms with Crippen LogP contribution in [0.25, 0.3) is 0 Å². The molecular weight excluding hydrogens is 282 g/mol. The number of nitrogens with one attached hydrogen (secondary N) is 1.